The number of carboxylic acid groups (broad SMARTS) is 1. The van der Waals surface area contributed by atoms with E-state index in [1.165, 1.54) is 0 Å². The summed E-state index contributed by atoms with van der Waals surface area (Å²) in [5.41, 5.74) is 1.41. The van der Waals surface area contributed by atoms with Crippen LogP contribution < -0.4 is 4.74 Å². The maximum absolute atomic E-state index is 10.9. The molecule has 1 aromatic rings. The van der Waals surface area contributed by atoms with E-state index in [9.17, 15) is 9.59 Å². The average molecular weight is 234 g/mol. The first-order valence-corrected chi connectivity index (χ1v) is 5.15. The Balaban J connectivity index is 2.64. The number of hydrogen-bond donors (Lipinski definition) is 1. The van der Waals surface area contributed by atoms with Crippen molar-refractivity contribution in [3.8, 4) is 5.75 Å². The number of aliphatic carboxylic acids is 1. The summed E-state index contributed by atoms with van der Waals surface area (Å²) in [5.74, 6) is -0.563. The van der Waals surface area contributed by atoms with Crippen molar-refractivity contribution in [3.63, 3.8) is 0 Å². The Bertz CT molecular complexity index is 449. The van der Waals surface area contributed by atoms with E-state index >= 15 is 0 Å². The van der Waals surface area contributed by atoms with Gasteiger partial charge in [0.05, 0.1) is 12.2 Å². The normalized spacial score (nSPS) is 9.71. The van der Waals surface area contributed by atoms with Gasteiger partial charge in [-0.1, -0.05) is 18.7 Å². The number of ether oxygens (including phenoxy) is 1. The Morgan fingerprint density at radius 2 is 2.24 bits per heavy atom. The molecule has 1 N–H and O–H groups in total. The molecule has 4 nitrogen and oxygen atoms in total. The highest BCUT2D eigenvalue weighted by molar-refractivity contribution is 5.85. The number of hydrogen-bond acceptors (Lipinski definition) is 3. The largest absolute Gasteiger partial charge is 0.492 e. The Morgan fingerprint density at radius 3 is 2.82 bits per heavy atom. The zero-order valence-electron chi connectivity index (χ0n) is 9.60. The lowest BCUT2D eigenvalue weighted by molar-refractivity contribution is -0.132. The molecule has 1 aromatic carbocycles. The standard InChI is InChI=1S/C13H14O4/c1-9-4-3-5-12(11(9)8-14)17-7-6-10(2)13(15)16/h3-5,8H,2,6-7H2,1H3,(H,15,16). The van der Waals surface area contributed by atoms with Crippen LogP contribution in [-0.2, 0) is 4.79 Å². The van der Waals surface area contributed by atoms with Crippen molar-refractivity contribution in [2.45, 2.75) is 13.3 Å². The zero-order chi connectivity index (χ0) is 12.8. The summed E-state index contributed by atoms with van der Waals surface area (Å²) in [6, 6.07) is 5.27. The first kappa shape index (κ1) is 13.0. The van der Waals surface area contributed by atoms with Gasteiger partial charge in [-0.15, -0.1) is 0 Å². The summed E-state index contributed by atoms with van der Waals surface area (Å²) in [5, 5.41) is 8.61. The molecular weight excluding hydrogens is 220 g/mol. The number of carbonyl (C=O) groups is 2. The first-order valence-electron chi connectivity index (χ1n) is 5.15. The predicted molar refractivity (Wildman–Crippen MR) is 63.5 cm³/mol. The molecule has 0 heterocycles. The highest BCUT2D eigenvalue weighted by atomic mass is 16.5. The monoisotopic (exact) mass is 234 g/mol. The van der Waals surface area contributed by atoms with E-state index in [-0.39, 0.29) is 18.6 Å². The molecule has 0 aliphatic carbocycles. The SMILES string of the molecule is C=C(CCOc1cccc(C)c1C=O)C(=O)O. The number of benzene rings is 1. The van der Waals surface area contributed by atoms with Gasteiger partial charge >= 0.3 is 5.97 Å². The molecular formula is C13H14O4. The van der Waals surface area contributed by atoms with Crippen LogP contribution in [0.3, 0.4) is 0 Å². The third-order valence-electron chi connectivity index (χ3n) is 2.37. The molecule has 0 bridgehead atoms. The molecule has 0 radical (unpaired) electrons. The Kier molecular flexibility index (Phi) is 4.46. The van der Waals surface area contributed by atoms with Crippen LogP contribution in [0.5, 0.6) is 5.75 Å². The molecule has 0 atom stereocenters. The van der Waals surface area contributed by atoms with E-state index in [0.717, 1.165) is 11.8 Å². The number of aryl methyl sites for hydroxylation is 1. The van der Waals surface area contributed by atoms with Crippen LogP contribution in [0.25, 0.3) is 0 Å². The zero-order valence-corrected chi connectivity index (χ0v) is 9.60. The fraction of sp³-hybridized carbons (Fsp3) is 0.231. The highest BCUT2D eigenvalue weighted by Crippen LogP contribution is 2.20. The lowest BCUT2D eigenvalue weighted by Crippen LogP contribution is -2.06. The van der Waals surface area contributed by atoms with Crippen LogP contribution in [0.4, 0.5) is 0 Å². The van der Waals surface area contributed by atoms with Gasteiger partial charge < -0.3 is 9.84 Å². The molecule has 1 rings (SSSR count). The van der Waals surface area contributed by atoms with Gasteiger partial charge in [-0.25, -0.2) is 4.79 Å². The second-order valence-electron chi connectivity index (χ2n) is 3.61. The third-order valence-corrected chi connectivity index (χ3v) is 2.37. The molecule has 17 heavy (non-hydrogen) atoms. The van der Waals surface area contributed by atoms with E-state index in [1.54, 1.807) is 12.1 Å². The van der Waals surface area contributed by atoms with Crippen molar-refractivity contribution in [2.75, 3.05) is 6.61 Å². The van der Waals surface area contributed by atoms with Gasteiger partial charge in [-0.05, 0) is 18.6 Å². The molecule has 0 aromatic heterocycles. The average Bonchev–Trinajstić information content (AvgIpc) is 2.29. The molecule has 0 amide bonds. The fourth-order valence-electron chi connectivity index (χ4n) is 1.32. The Morgan fingerprint density at radius 1 is 1.53 bits per heavy atom. The summed E-state index contributed by atoms with van der Waals surface area (Å²) in [4.78, 5) is 21.4. The molecule has 0 saturated heterocycles. The lowest BCUT2D eigenvalue weighted by Gasteiger charge is -2.09. The summed E-state index contributed by atoms with van der Waals surface area (Å²) >= 11 is 0. The van der Waals surface area contributed by atoms with Gasteiger partial charge in [0.25, 0.3) is 0 Å². The van der Waals surface area contributed by atoms with E-state index < -0.39 is 5.97 Å². The molecule has 0 spiro atoms. The fourth-order valence-corrected chi connectivity index (χ4v) is 1.32. The van der Waals surface area contributed by atoms with E-state index in [0.29, 0.717) is 11.3 Å². The van der Waals surface area contributed by atoms with Crippen LogP contribution in [0.1, 0.15) is 22.3 Å². The summed E-state index contributed by atoms with van der Waals surface area (Å²) in [6.07, 6.45) is 0.957. The smallest absolute Gasteiger partial charge is 0.331 e. The van der Waals surface area contributed by atoms with Crippen molar-refractivity contribution < 1.29 is 19.4 Å². The third kappa shape index (κ3) is 3.45. The quantitative estimate of drug-likeness (QED) is 0.605. The molecule has 90 valence electrons. The number of carbonyl (C=O) groups excluding carboxylic acids is 1. The second kappa shape index (κ2) is 5.84. The summed E-state index contributed by atoms with van der Waals surface area (Å²) in [7, 11) is 0. The topological polar surface area (TPSA) is 63.6 Å². The maximum Gasteiger partial charge on any atom is 0.331 e. The van der Waals surface area contributed by atoms with Gasteiger partial charge in [0.1, 0.15) is 5.75 Å². The Hall–Kier alpha value is -2.10. The van der Waals surface area contributed by atoms with Gasteiger partial charge in [-0.3, -0.25) is 4.79 Å². The second-order valence-corrected chi connectivity index (χ2v) is 3.61. The van der Waals surface area contributed by atoms with Crippen LogP contribution in [-0.4, -0.2) is 24.0 Å². The van der Waals surface area contributed by atoms with E-state index in [1.807, 2.05) is 13.0 Å². The van der Waals surface area contributed by atoms with E-state index in [2.05, 4.69) is 6.58 Å². The lowest BCUT2D eigenvalue weighted by atomic mass is 10.1. The summed E-state index contributed by atoms with van der Waals surface area (Å²) in [6.45, 7) is 5.40. The van der Waals surface area contributed by atoms with Crippen molar-refractivity contribution >= 4 is 12.3 Å². The number of rotatable bonds is 6. The molecule has 4 heteroatoms. The molecule has 0 unspecified atom stereocenters. The molecule has 0 aliphatic rings. The summed E-state index contributed by atoms with van der Waals surface area (Å²) < 4.78 is 5.37. The van der Waals surface area contributed by atoms with Gasteiger partial charge in [0, 0.05) is 12.0 Å². The van der Waals surface area contributed by atoms with Crippen LogP contribution in [0, 0.1) is 6.92 Å². The molecule has 0 aliphatic heterocycles. The van der Waals surface area contributed by atoms with E-state index in [4.69, 9.17) is 9.84 Å². The van der Waals surface area contributed by atoms with Crippen molar-refractivity contribution in [3.05, 3.63) is 41.5 Å². The van der Waals surface area contributed by atoms with Crippen LogP contribution >= 0.6 is 0 Å². The van der Waals surface area contributed by atoms with Crippen molar-refractivity contribution in [1.29, 1.82) is 0 Å². The van der Waals surface area contributed by atoms with Gasteiger partial charge in [0.2, 0.25) is 0 Å². The van der Waals surface area contributed by atoms with Gasteiger partial charge in [0.15, 0.2) is 6.29 Å². The maximum atomic E-state index is 10.9. The first-order chi connectivity index (χ1) is 8.06. The molecule has 0 fully saturated rings. The Labute approximate surface area is 99.5 Å². The number of carboxylic acids is 1. The minimum Gasteiger partial charge on any atom is -0.492 e. The number of aldehydes is 1. The van der Waals surface area contributed by atoms with Gasteiger partial charge in [-0.2, -0.15) is 0 Å². The van der Waals surface area contributed by atoms with Crippen LogP contribution in [0.2, 0.25) is 0 Å². The van der Waals surface area contributed by atoms with Crippen molar-refractivity contribution in [1.82, 2.24) is 0 Å². The molecule has 0 saturated carbocycles. The minimum absolute atomic E-state index is 0.0882. The minimum atomic E-state index is -1.03. The van der Waals surface area contributed by atoms with Crippen molar-refractivity contribution in [2.24, 2.45) is 0 Å². The van der Waals surface area contributed by atoms with Crippen LogP contribution in [0.15, 0.2) is 30.4 Å². The predicted octanol–water partition coefficient (Wildman–Crippen LogP) is 2.22. The highest BCUT2D eigenvalue weighted by Gasteiger charge is 2.07.